The SMILES string of the molecule is CCCCOc1cccc(CNC(=O)c2n[nH]c(=O)c3ccccc23)c1. The number of hydrogen-bond acceptors (Lipinski definition) is 4. The topological polar surface area (TPSA) is 84.1 Å². The second-order valence-corrected chi connectivity index (χ2v) is 5.98. The Morgan fingerprint density at radius 3 is 2.77 bits per heavy atom. The molecule has 3 aromatic rings. The van der Waals surface area contributed by atoms with Gasteiger partial charge in [-0.15, -0.1) is 0 Å². The molecule has 0 bridgehead atoms. The first kappa shape index (κ1) is 17.7. The first-order valence-corrected chi connectivity index (χ1v) is 8.66. The van der Waals surface area contributed by atoms with Crippen LogP contribution in [-0.4, -0.2) is 22.7 Å². The maximum Gasteiger partial charge on any atom is 0.272 e. The smallest absolute Gasteiger partial charge is 0.272 e. The van der Waals surface area contributed by atoms with Gasteiger partial charge in [-0.05, 0) is 30.2 Å². The van der Waals surface area contributed by atoms with E-state index in [-0.39, 0.29) is 17.2 Å². The number of H-pyrrole nitrogens is 1. The van der Waals surface area contributed by atoms with Gasteiger partial charge < -0.3 is 10.1 Å². The molecule has 1 amide bonds. The number of carbonyl (C=O) groups excluding carboxylic acids is 1. The van der Waals surface area contributed by atoms with Crippen molar-refractivity contribution in [2.45, 2.75) is 26.3 Å². The quantitative estimate of drug-likeness (QED) is 0.641. The van der Waals surface area contributed by atoms with Gasteiger partial charge in [0.05, 0.1) is 12.0 Å². The Bertz CT molecular complexity index is 966. The Morgan fingerprint density at radius 2 is 1.96 bits per heavy atom. The number of unbranched alkanes of at least 4 members (excludes halogenated alkanes) is 1. The van der Waals surface area contributed by atoms with Crippen LogP contribution in [0, 0.1) is 0 Å². The predicted molar refractivity (Wildman–Crippen MR) is 100 cm³/mol. The molecule has 1 aromatic heterocycles. The second kappa shape index (κ2) is 8.29. The minimum atomic E-state index is -0.338. The molecule has 0 fully saturated rings. The molecule has 134 valence electrons. The van der Waals surface area contributed by atoms with Gasteiger partial charge in [0, 0.05) is 11.9 Å². The number of ether oxygens (including phenoxy) is 1. The maximum absolute atomic E-state index is 12.5. The summed E-state index contributed by atoms with van der Waals surface area (Å²) < 4.78 is 5.68. The lowest BCUT2D eigenvalue weighted by molar-refractivity contribution is 0.0946. The number of aromatic amines is 1. The van der Waals surface area contributed by atoms with Crippen LogP contribution in [0.15, 0.2) is 53.3 Å². The van der Waals surface area contributed by atoms with E-state index in [4.69, 9.17) is 4.74 Å². The molecular formula is C20H21N3O3. The number of fused-ring (bicyclic) bond motifs is 1. The van der Waals surface area contributed by atoms with Gasteiger partial charge in [-0.2, -0.15) is 5.10 Å². The third-order valence-corrected chi connectivity index (χ3v) is 4.03. The number of nitrogens with zero attached hydrogens (tertiary/aromatic N) is 1. The zero-order chi connectivity index (χ0) is 18.4. The molecule has 6 heteroatoms. The molecule has 2 N–H and O–H groups in total. The summed E-state index contributed by atoms with van der Waals surface area (Å²) in [6.45, 7) is 3.14. The summed E-state index contributed by atoms with van der Waals surface area (Å²) in [4.78, 5) is 24.3. The van der Waals surface area contributed by atoms with E-state index in [0.29, 0.717) is 23.9 Å². The Balaban J connectivity index is 1.71. The monoisotopic (exact) mass is 351 g/mol. The summed E-state index contributed by atoms with van der Waals surface area (Å²) in [6.07, 6.45) is 2.09. The van der Waals surface area contributed by atoms with E-state index in [0.717, 1.165) is 24.2 Å². The number of carbonyl (C=O) groups is 1. The number of nitrogens with one attached hydrogen (secondary N) is 2. The highest BCUT2D eigenvalue weighted by molar-refractivity contribution is 6.04. The lowest BCUT2D eigenvalue weighted by atomic mass is 10.1. The van der Waals surface area contributed by atoms with Gasteiger partial charge in [0.2, 0.25) is 0 Å². The predicted octanol–water partition coefficient (Wildman–Crippen LogP) is 3.03. The fraction of sp³-hybridized carbons (Fsp3) is 0.250. The molecule has 0 saturated heterocycles. The van der Waals surface area contributed by atoms with Crippen LogP contribution in [0.3, 0.4) is 0 Å². The molecule has 2 aromatic carbocycles. The number of rotatable bonds is 7. The highest BCUT2D eigenvalue weighted by Gasteiger charge is 2.13. The molecule has 0 saturated carbocycles. The number of benzene rings is 2. The van der Waals surface area contributed by atoms with Gasteiger partial charge in [-0.1, -0.05) is 43.7 Å². The van der Waals surface area contributed by atoms with Crippen molar-refractivity contribution in [1.82, 2.24) is 15.5 Å². The van der Waals surface area contributed by atoms with Gasteiger partial charge >= 0.3 is 0 Å². The molecule has 6 nitrogen and oxygen atoms in total. The average Bonchev–Trinajstić information content (AvgIpc) is 2.67. The highest BCUT2D eigenvalue weighted by atomic mass is 16.5. The van der Waals surface area contributed by atoms with Crippen LogP contribution in [0.25, 0.3) is 10.8 Å². The molecule has 0 spiro atoms. The largest absolute Gasteiger partial charge is 0.494 e. The second-order valence-electron chi connectivity index (χ2n) is 5.98. The average molecular weight is 351 g/mol. The van der Waals surface area contributed by atoms with E-state index in [2.05, 4.69) is 22.4 Å². The minimum absolute atomic E-state index is 0.204. The minimum Gasteiger partial charge on any atom is -0.494 e. The van der Waals surface area contributed by atoms with Crippen molar-refractivity contribution in [2.75, 3.05) is 6.61 Å². The first-order valence-electron chi connectivity index (χ1n) is 8.66. The molecular weight excluding hydrogens is 330 g/mol. The zero-order valence-corrected chi connectivity index (χ0v) is 14.6. The fourth-order valence-electron chi connectivity index (χ4n) is 2.63. The van der Waals surface area contributed by atoms with E-state index in [1.807, 2.05) is 24.3 Å². The van der Waals surface area contributed by atoms with E-state index in [9.17, 15) is 9.59 Å². The van der Waals surface area contributed by atoms with Gasteiger partial charge in [-0.3, -0.25) is 9.59 Å². The van der Waals surface area contributed by atoms with E-state index in [1.165, 1.54) is 0 Å². The third kappa shape index (κ3) is 4.08. The standard InChI is InChI=1S/C20H21N3O3/c1-2-3-11-26-15-8-6-7-14(12-15)13-21-20(25)18-16-9-4-5-10-17(16)19(24)23-22-18/h4-10,12H,2-3,11,13H2,1H3,(H,21,25)(H,23,24). The summed E-state index contributed by atoms with van der Waals surface area (Å²) in [7, 11) is 0. The molecule has 0 atom stereocenters. The maximum atomic E-state index is 12.5. The molecule has 0 aliphatic carbocycles. The molecule has 0 radical (unpaired) electrons. The summed E-state index contributed by atoms with van der Waals surface area (Å²) in [6, 6.07) is 14.5. The van der Waals surface area contributed by atoms with Crippen LogP contribution < -0.4 is 15.6 Å². The number of hydrogen-bond donors (Lipinski definition) is 2. The van der Waals surface area contributed by atoms with Crippen molar-refractivity contribution in [3.05, 3.63) is 70.1 Å². The van der Waals surface area contributed by atoms with Crippen molar-refractivity contribution in [3.8, 4) is 5.75 Å². The van der Waals surface area contributed by atoms with Crippen molar-refractivity contribution >= 4 is 16.7 Å². The van der Waals surface area contributed by atoms with Gasteiger partial charge in [-0.25, -0.2) is 5.10 Å². The third-order valence-electron chi connectivity index (χ3n) is 4.03. The van der Waals surface area contributed by atoms with Crippen LogP contribution >= 0.6 is 0 Å². The van der Waals surface area contributed by atoms with Crippen molar-refractivity contribution in [3.63, 3.8) is 0 Å². The van der Waals surface area contributed by atoms with Crippen LogP contribution in [0.2, 0.25) is 0 Å². The van der Waals surface area contributed by atoms with Gasteiger partial charge in [0.25, 0.3) is 11.5 Å². The van der Waals surface area contributed by atoms with Crippen molar-refractivity contribution in [1.29, 1.82) is 0 Å². The summed E-state index contributed by atoms with van der Waals surface area (Å²) in [5.41, 5.74) is 0.825. The highest BCUT2D eigenvalue weighted by Crippen LogP contribution is 2.15. The normalized spacial score (nSPS) is 10.7. The van der Waals surface area contributed by atoms with Crippen LogP contribution in [0.1, 0.15) is 35.8 Å². The van der Waals surface area contributed by atoms with E-state index >= 15 is 0 Å². The zero-order valence-electron chi connectivity index (χ0n) is 14.6. The van der Waals surface area contributed by atoms with Crippen LogP contribution in [0.5, 0.6) is 5.75 Å². The van der Waals surface area contributed by atoms with Crippen molar-refractivity contribution in [2.24, 2.45) is 0 Å². The lowest BCUT2D eigenvalue weighted by Crippen LogP contribution is -2.26. The molecule has 0 aliphatic rings. The molecule has 0 aliphatic heterocycles. The first-order chi connectivity index (χ1) is 12.7. The molecule has 1 heterocycles. The Labute approximate surface area is 151 Å². The lowest BCUT2D eigenvalue weighted by Gasteiger charge is -2.09. The summed E-state index contributed by atoms with van der Waals surface area (Å²) in [5, 5.41) is 10.1. The van der Waals surface area contributed by atoms with Crippen LogP contribution in [-0.2, 0) is 6.54 Å². The fourth-order valence-corrected chi connectivity index (χ4v) is 2.63. The van der Waals surface area contributed by atoms with Crippen LogP contribution in [0.4, 0.5) is 0 Å². The number of aromatic nitrogens is 2. The van der Waals surface area contributed by atoms with E-state index in [1.54, 1.807) is 24.3 Å². The molecule has 3 rings (SSSR count). The molecule has 0 unspecified atom stereocenters. The van der Waals surface area contributed by atoms with Gasteiger partial charge in [0.15, 0.2) is 5.69 Å². The Hall–Kier alpha value is -3.15. The Kier molecular flexibility index (Phi) is 5.63. The summed E-state index contributed by atoms with van der Waals surface area (Å²) in [5.74, 6) is 0.451. The van der Waals surface area contributed by atoms with E-state index < -0.39 is 0 Å². The number of amides is 1. The summed E-state index contributed by atoms with van der Waals surface area (Å²) >= 11 is 0. The van der Waals surface area contributed by atoms with Gasteiger partial charge in [0.1, 0.15) is 5.75 Å². The van der Waals surface area contributed by atoms with Crippen molar-refractivity contribution < 1.29 is 9.53 Å². The Morgan fingerprint density at radius 1 is 1.15 bits per heavy atom. The molecule has 26 heavy (non-hydrogen) atoms.